The Hall–Kier alpha value is -3.50. The molecule has 222 valence electrons. The van der Waals surface area contributed by atoms with Crippen LogP contribution in [-0.2, 0) is 16.0 Å². The molecule has 0 spiro atoms. The minimum atomic E-state index is -0.649. The third-order valence-electron chi connectivity index (χ3n) is 5.46. The first-order chi connectivity index (χ1) is 19.2. The van der Waals surface area contributed by atoms with Crippen LogP contribution < -0.4 is 31.7 Å². The minimum Gasteiger partial charge on any atom is -0.492 e. The van der Waals surface area contributed by atoms with Crippen molar-refractivity contribution in [2.24, 2.45) is 10.7 Å². The molecule has 0 radical (unpaired) electrons. The summed E-state index contributed by atoms with van der Waals surface area (Å²) in [5.41, 5.74) is 7.95. The van der Waals surface area contributed by atoms with Gasteiger partial charge in [0.2, 0.25) is 11.8 Å². The first-order valence-electron chi connectivity index (χ1n) is 13.9. The van der Waals surface area contributed by atoms with Crippen LogP contribution in [0.4, 0.5) is 4.39 Å². The average molecular weight is 559 g/mol. The molecular weight excluding hydrogens is 511 g/mol. The number of nitrogens with two attached hydrogens (primary N) is 1. The normalized spacial score (nSPS) is 18.8. The van der Waals surface area contributed by atoms with Gasteiger partial charge in [-0.3, -0.25) is 14.6 Å². The molecule has 0 aromatic heterocycles. The zero-order valence-corrected chi connectivity index (χ0v) is 24.6. The van der Waals surface area contributed by atoms with Gasteiger partial charge in [-0.05, 0) is 63.1 Å². The maximum Gasteiger partial charge on any atom is 0.246 e. The van der Waals surface area contributed by atoms with Crippen molar-refractivity contribution < 1.29 is 18.7 Å². The molecule has 0 aliphatic carbocycles. The van der Waals surface area contributed by atoms with E-state index in [0.29, 0.717) is 19.7 Å². The number of ether oxygens (including phenoxy) is 1. The van der Waals surface area contributed by atoms with E-state index in [1.807, 2.05) is 44.2 Å². The van der Waals surface area contributed by atoms with Crippen LogP contribution >= 0.6 is 0 Å². The van der Waals surface area contributed by atoms with Crippen molar-refractivity contribution in [3.63, 3.8) is 0 Å². The number of amides is 2. The van der Waals surface area contributed by atoms with Crippen molar-refractivity contribution >= 4 is 17.6 Å². The summed E-state index contributed by atoms with van der Waals surface area (Å²) in [5.74, 6) is 0.467. The van der Waals surface area contributed by atoms with Gasteiger partial charge >= 0.3 is 0 Å². The SMILES string of the molecule is CCC.CNCC1N=C(N)CNC(=O)CN[C@@H](C)COc2ccccc2CCCNC1=O.Cc1cccc(F)c1. The summed E-state index contributed by atoms with van der Waals surface area (Å²) in [5, 5.41) is 11.7. The number of amidine groups is 1. The van der Waals surface area contributed by atoms with E-state index in [2.05, 4.69) is 40.1 Å². The standard InChI is InChI=1S/C20H32N6O3.C7H7F.C3H8/c1-14-13-29-17-8-4-3-6-15(17)7-5-9-23-20(28)16(10-22-2)26-18(21)11-25-19(27)12-24-14;1-6-3-2-4-7(8)5-6;1-3-2/h3-4,6,8,14,16,22,24H,5,7,9-13H2,1-2H3,(H2,21,26)(H,23,28)(H,25,27);2-5H,1H3;3H2,1-2H3/t14-,16?;;/m0../s1. The number of hydrogen-bond acceptors (Lipinski definition) is 7. The zero-order valence-electron chi connectivity index (χ0n) is 24.6. The molecule has 2 aromatic rings. The maximum atomic E-state index is 12.5. The quantitative estimate of drug-likeness (QED) is 0.386. The number of likely N-dealkylation sites (N-methyl/N-ethyl adjacent to an activating group) is 1. The Balaban J connectivity index is 0.000000606. The second kappa shape index (κ2) is 20.4. The van der Waals surface area contributed by atoms with Crippen LogP contribution in [0.25, 0.3) is 0 Å². The first-order valence-corrected chi connectivity index (χ1v) is 13.9. The van der Waals surface area contributed by atoms with Crippen LogP contribution in [0.15, 0.2) is 53.5 Å². The predicted molar refractivity (Wildman–Crippen MR) is 160 cm³/mol. The lowest BCUT2D eigenvalue weighted by atomic mass is 10.1. The highest BCUT2D eigenvalue weighted by atomic mass is 19.1. The average Bonchev–Trinajstić information content (AvgIpc) is 2.92. The van der Waals surface area contributed by atoms with Crippen molar-refractivity contribution in [2.45, 2.75) is 59.0 Å². The Labute approximate surface area is 238 Å². The third-order valence-corrected chi connectivity index (χ3v) is 5.46. The van der Waals surface area contributed by atoms with Gasteiger partial charge in [0.05, 0.1) is 13.1 Å². The summed E-state index contributed by atoms with van der Waals surface area (Å²) in [6.07, 6.45) is 2.81. The van der Waals surface area contributed by atoms with Gasteiger partial charge in [0.1, 0.15) is 30.1 Å². The molecule has 1 aliphatic heterocycles. The molecule has 1 unspecified atom stereocenters. The van der Waals surface area contributed by atoms with E-state index in [-0.39, 0.29) is 42.6 Å². The van der Waals surface area contributed by atoms with E-state index in [9.17, 15) is 14.0 Å². The number of carbonyl (C=O) groups is 2. The van der Waals surface area contributed by atoms with E-state index in [0.717, 1.165) is 29.7 Å². The summed E-state index contributed by atoms with van der Waals surface area (Å²) >= 11 is 0. The van der Waals surface area contributed by atoms with Gasteiger partial charge in [0.25, 0.3) is 0 Å². The fraction of sp³-hybridized carbons (Fsp3) is 0.500. The molecule has 0 bridgehead atoms. The minimum absolute atomic E-state index is 0.00185. The Kier molecular flexibility index (Phi) is 17.6. The third kappa shape index (κ3) is 15.2. The molecule has 1 heterocycles. The highest BCUT2D eigenvalue weighted by Crippen LogP contribution is 2.19. The fourth-order valence-electron chi connectivity index (χ4n) is 3.49. The highest BCUT2D eigenvalue weighted by molar-refractivity contribution is 5.91. The lowest BCUT2D eigenvalue weighted by Gasteiger charge is -2.18. The van der Waals surface area contributed by atoms with Crippen molar-refractivity contribution in [1.29, 1.82) is 0 Å². The molecule has 2 aromatic carbocycles. The molecule has 40 heavy (non-hydrogen) atoms. The van der Waals surface area contributed by atoms with E-state index >= 15 is 0 Å². The number of rotatable bonds is 2. The van der Waals surface area contributed by atoms with E-state index in [1.165, 1.54) is 18.6 Å². The van der Waals surface area contributed by atoms with E-state index in [1.54, 1.807) is 13.1 Å². The molecular formula is C30H47FN6O3. The lowest BCUT2D eigenvalue weighted by Crippen LogP contribution is -2.44. The number of nitrogens with one attached hydrogen (secondary N) is 4. The maximum absolute atomic E-state index is 12.5. The van der Waals surface area contributed by atoms with Crippen LogP contribution in [-0.4, -0.2) is 69.6 Å². The van der Waals surface area contributed by atoms with Gasteiger partial charge in [-0.15, -0.1) is 0 Å². The summed E-state index contributed by atoms with van der Waals surface area (Å²) < 4.78 is 18.1. The number of halogens is 1. The largest absolute Gasteiger partial charge is 0.492 e. The first kappa shape index (κ1) is 34.5. The molecule has 2 amide bonds. The molecule has 0 fully saturated rings. The number of para-hydroxylation sites is 1. The van der Waals surface area contributed by atoms with Gasteiger partial charge in [0.15, 0.2) is 0 Å². The Bertz CT molecular complexity index is 1030. The summed E-state index contributed by atoms with van der Waals surface area (Å²) in [6.45, 7) is 9.63. The second-order valence-electron chi connectivity index (χ2n) is 9.57. The monoisotopic (exact) mass is 558 g/mol. The lowest BCUT2D eigenvalue weighted by molar-refractivity contribution is -0.122. The van der Waals surface area contributed by atoms with E-state index < -0.39 is 6.04 Å². The second-order valence-corrected chi connectivity index (χ2v) is 9.57. The van der Waals surface area contributed by atoms with Crippen molar-refractivity contribution in [3.05, 3.63) is 65.5 Å². The molecule has 1 aliphatic rings. The zero-order chi connectivity index (χ0) is 29.8. The smallest absolute Gasteiger partial charge is 0.246 e. The number of benzene rings is 2. The van der Waals surface area contributed by atoms with Gasteiger partial charge in [0, 0.05) is 19.1 Å². The number of fused-ring (bicyclic) bond motifs is 1. The Morgan fingerprint density at radius 3 is 2.48 bits per heavy atom. The predicted octanol–water partition coefficient (Wildman–Crippen LogP) is 2.72. The van der Waals surface area contributed by atoms with Crippen LogP contribution in [0.3, 0.4) is 0 Å². The van der Waals surface area contributed by atoms with E-state index in [4.69, 9.17) is 10.5 Å². The number of aliphatic imine (C=N–C) groups is 1. The summed E-state index contributed by atoms with van der Waals surface area (Å²) in [7, 11) is 1.75. The van der Waals surface area contributed by atoms with Gasteiger partial charge in [-0.25, -0.2) is 4.39 Å². The van der Waals surface area contributed by atoms with Crippen LogP contribution in [0, 0.1) is 12.7 Å². The summed E-state index contributed by atoms with van der Waals surface area (Å²) in [6, 6.07) is 13.7. The number of nitrogens with zero attached hydrogens (tertiary/aromatic N) is 1. The summed E-state index contributed by atoms with van der Waals surface area (Å²) in [4.78, 5) is 28.7. The van der Waals surface area contributed by atoms with Crippen molar-refractivity contribution in [1.82, 2.24) is 21.3 Å². The number of aryl methyl sites for hydroxylation is 2. The van der Waals surface area contributed by atoms with Crippen LogP contribution in [0.2, 0.25) is 0 Å². The molecule has 10 heteroatoms. The molecule has 6 N–H and O–H groups in total. The molecule has 3 rings (SSSR count). The van der Waals surface area contributed by atoms with Gasteiger partial charge in [-0.2, -0.15) is 0 Å². The molecule has 0 saturated heterocycles. The van der Waals surface area contributed by atoms with Crippen molar-refractivity contribution in [3.8, 4) is 5.75 Å². The van der Waals surface area contributed by atoms with Gasteiger partial charge in [-0.1, -0.05) is 50.6 Å². The van der Waals surface area contributed by atoms with Crippen LogP contribution in [0.5, 0.6) is 5.75 Å². The Morgan fingerprint density at radius 1 is 1.10 bits per heavy atom. The van der Waals surface area contributed by atoms with Crippen molar-refractivity contribution in [2.75, 3.05) is 39.8 Å². The molecule has 0 saturated carbocycles. The topological polar surface area (TPSA) is 130 Å². The van der Waals surface area contributed by atoms with Gasteiger partial charge < -0.3 is 31.7 Å². The Morgan fingerprint density at radius 2 is 1.82 bits per heavy atom. The van der Waals surface area contributed by atoms with Crippen LogP contribution in [0.1, 0.15) is 44.7 Å². The number of hydrogen-bond donors (Lipinski definition) is 5. The molecule has 9 nitrogen and oxygen atoms in total. The number of carbonyl (C=O) groups excluding carboxylic acids is 2. The fourth-order valence-corrected chi connectivity index (χ4v) is 3.49. The molecule has 2 atom stereocenters. The highest BCUT2D eigenvalue weighted by Gasteiger charge is 2.17.